The van der Waals surface area contributed by atoms with E-state index in [1.807, 2.05) is 0 Å². The number of aliphatic hydroxyl groups is 10. The number of hydrogen-bond acceptors (Lipinski definition) is 15. The number of aliphatic hydroxyl groups excluding tert-OH is 10. The van der Waals surface area contributed by atoms with E-state index in [0.29, 0.717) is 0 Å². The predicted octanol–water partition coefficient (Wildman–Crippen LogP) is -6.93. The third-order valence-corrected chi connectivity index (χ3v) is 5.73. The minimum atomic E-state index is -1.85. The first-order valence-corrected chi connectivity index (χ1v) is 10.00. The van der Waals surface area contributed by atoms with Crippen molar-refractivity contribution in [3.8, 4) is 0 Å². The number of ether oxygens (including phenoxy) is 5. The van der Waals surface area contributed by atoms with Gasteiger partial charge in [-0.2, -0.15) is 0 Å². The van der Waals surface area contributed by atoms with Gasteiger partial charge in [-0.3, -0.25) is 0 Å². The average Bonchev–Trinajstić information content (AvgIpc) is 3.05. The third-order valence-electron chi connectivity index (χ3n) is 5.73. The van der Waals surface area contributed by atoms with Crippen LogP contribution in [0.15, 0.2) is 0 Å². The molecule has 0 aromatic heterocycles. The van der Waals surface area contributed by atoms with Crippen molar-refractivity contribution in [1.82, 2.24) is 0 Å². The van der Waals surface area contributed by atoms with Crippen LogP contribution in [0.25, 0.3) is 0 Å². The molecule has 0 amide bonds. The van der Waals surface area contributed by atoms with Gasteiger partial charge in [0.1, 0.15) is 67.1 Å². The lowest BCUT2D eigenvalue weighted by Gasteiger charge is -2.43. The van der Waals surface area contributed by atoms with Crippen molar-refractivity contribution >= 4 is 0 Å². The molecule has 0 spiro atoms. The van der Waals surface area contributed by atoms with Gasteiger partial charge in [0.25, 0.3) is 0 Å². The maximum atomic E-state index is 10.4. The first-order valence-electron chi connectivity index (χ1n) is 10.00. The summed E-state index contributed by atoms with van der Waals surface area (Å²) >= 11 is 0. The smallest absolute Gasteiger partial charge is 0.187 e. The molecule has 3 aliphatic rings. The fourth-order valence-electron chi connectivity index (χ4n) is 3.73. The van der Waals surface area contributed by atoms with E-state index in [0.717, 1.165) is 0 Å². The quantitative estimate of drug-likeness (QED) is 0.165. The van der Waals surface area contributed by atoms with E-state index in [1.165, 1.54) is 0 Å². The summed E-state index contributed by atoms with van der Waals surface area (Å²) in [7, 11) is 0. The van der Waals surface area contributed by atoms with E-state index in [4.69, 9.17) is 28.8 Å². The van der Waals surface area contributed by atoms with Crippen LogP contribution in [0.5, 0.6) is 0 Å². The van der Waals surface area contributed by atoms with Gasteiger partial charge in [-0.25, -0.2) is 0 Å². The molecule has 3 aliphatic heterocycles. The SMILES string of the molecule is OCC1OC(OC2C(O)OC(COC3OC(CO)C(O)C(O)C3O)C(O)C2O)C(O)C1O. The van der Waals surface area contributed by atoms with E-state index >= 15 is 0 Å². The lowest BCUT2D eigenvalue weighted by atomic mass is 9.98. The lowest BCUT2D eigenvalue weighted by Crippen LogP contribution is -2.62. The van der Waals surface area contributed by atoms with Crippen molar-refractivity contribution in [2.45, 2.75) is 86.0 Å². The number of hydrogen-bond donors (Lipinski definition) is 10. The molecule has 0 aliphatic carbocycles. The van der Waals surface area contributed by atoms with Crippen LogP contribution in [0.4, 0.5) is 0 Å². The second-order valence-electron chi connectivity index (χ2n) is 7.88. The van der Waals surface area contributed by atoms with E-state index in [2.05, 4.69) is 0 Å². The summed E-state index contributed by atoms with van der Waals surface area (Å²) < 4.78 is 26.0. The van der Waals surface area contributed by atoms with Gasteiger partial charge in [0.2, 0.25) is 0 Å². The van der Waals surface area contributed by atoms with Gasteiger partial charge in [-0.05, 0) is 0 Å². The minimum Gasteiger partial charge on any atom is -0.394 e. The van der Waals surface area contributed by atoms with Crippen molar-refractivity contribution in [3.63, 3.8) is 0 Å². The Morgan fingerprint density at radius 1 is 0.531 bits per heavy atom. The Morgan fingerprint density at radius 3 is 1.62 bits per heavy atom. The molecule has 0 aromatic carbocycles. The molecule has 15 nitrogen and oxygen atoms in total. The summed E-state index contributed by atoms with van der Waals surface area (Å²) in [4.78, 5) is 0. The van der Waals surface area contributed by atoms with E-state index in [1.54, 1.807) is 0 Å². The van der Waals surface area contributed by atoms with Crippen LogP contribution in [-0.4, -0.2) is 157 Å². The van der Waals surface area contributed by atoms with E-state index < -0.39 is 106 Å². The van der Waals surface area contributed by atoms with Crippen LogP contribution in [0.2, 0.25) is 0 Å². The van der Waals surface area contributed by atoms with Crippen LogP contribution in [-0.2, 0) is 23.7 Å². The van der Waals surface area contributed by atoms with Gasteiger partial charge in [-0.1, -0.05) is 0 Å². The summed E-state index contributed by atoms with van der Waals surface area (Å²) in [5, 5.41) is 98.4. The zero-order valence-electron chi connectivity index (χ0n) is 16.7. The molecule has 3 heterocycles. The molecule has 14 atom stereocenters. The molecule has 0 bridgehead atoms. The molecule has 3 fully saturated rings. The topological polar surface area (TPSA) is 248 Å². The molecular weight excluding hydrogens is 444 g/mol. The summed E-state index contributed by atoms with van der Waals surface area (Å²) in [5.41, 5.74) is 0. The summed E-state index contributed by atoms with van der Waals surface area (Å²) in [5.74, 6) is 0. The Labute approximate surface area is 181 Å². The van der Waals surface area contributed by atoms with Gasteiger partial charge >= 0.3 is 0 Å². The van der Waals surface area contributed by atoms with Crippen molar-refractivity contribution in [2.75, 3.05) is 19.8 Å². The molecular formula is C17H30O15. The second kappa shape index (κ2) is 10.8. The fraction of sp³-hybridized carbons (Fsp3) is 1.00. The molecule has 32 heavy (non-hydrogen) atoms. The fourth-order valence-corrected chi connectivity index (χ4v) is 3.73. The van der Waals surface area contributed by atoms with Gasteiger partial charge in [0.15, 0.2) is 18.9 Å². The Balaban J connectivity index is 1.57. The molecule has 14 unspecified atom stereocenters. The highest BCUT2D eigenvalue weighted by atomic mass is 16.7. The highest BCUT2D eigenvalue weighted by molar-refractivity contribution is 4.93. The monoisotopic (exact) mass is 474 g/mol. The highest BCUT2D eigenvalue weighted by Gasteiger charge is 2.51. The Hall–Kier alpha value is -0.600. The highest BCUT2D eigenvalue weighted by Crippen LogP contribution is 2.29. The zero-order valence-corrected chi connectivity index (χ0v) is 16.7. The number of rotatable bonds is 7. The maximum absolute atomic E-state index is 10.4. The molecule has 0 saturated carbocycles. The minimum absolute atomic E-state index is 0.557. The molecule has 10 N–H and O–H groups in total. The Kier molecular flexibility index (Phi) is 8.75. The van der Waals surface area contributed by atoms with Crippen molar-refractivity contribution < 1.29 is 74.7 Å². The standard InChI is InChI=1S/C17H30O15/c18-1-4-7(20)10(23)13(26)16(30-4)28-3-6-9(22)11(24)14(15(27)29-6)32-17-12(25)8(21)5(2-19)31-17/h4-27H,1-3H2. The zero-order chi connectivity index (χ0) is 23.7. The summed E-state index contributed by atoms with van der Waals surface area (Å²) in [6, 6.07) is 0. The van der Waals surface area contributed by atoms with Gasteiger partial charge in [0, 0.05) is 0 Å². The summed E-state index contributed by atoms with van der Waals surface area (Å²) in [6.07, 6.45) is -21.8. The van der Waals surface area contributed by atoms with Gasteiger partial charge in [0.05, 0.1) is 19.8 Å². The van der Waals surface area contributed by atoms with Crippen molar-refractivity contribution in [1.29, 1.82) is 0 Å². The first kappa shape index (κ1) is 26.0. The van der Waals surface area contributed by atoms with Crippen LogP contribution in [0, 0.1) is 0 Å². The maximum Gasteiger partial charge on any atom is 0.187 e. The largest absolute Gasteiger partial charge is 0.394 e. The molecule has 188 valence electrons. The van der Waals surface area contributed by atoms with E-state index in [9.17, 15) is 46.0 Å². The van der Waals surface area contributed by atoms with Gasteiger partial charge < -0.3 is 74.7 Å². The second-order valence-corrected chi connectivity index (χ2v) is 7.88. The van der Waals surface area contributed by atoms with Crippen LogP contribution >= 0.6 is 0 Å². The Bertz CT molecular complexity index is 594. The van der Waals surface area contributed by atoms with Crippen LogP contribution in [0.1, 0.15) is 0 Å². The first-order chi connectivity index (χ1) is 15.1. The van der Waals surface area contributed by atoms with Crippen molar-refractivity contribution in [3.05, 3.63) is 0 Å². The third kappa shape index (κ3) is 5.07. The normalized spacial score (nSPS) is 52.3. The molecule has 15 heteroatoms. The molecule has 3 saturated heterocycles. The molecule has 3 rings (SSSR count). The predicted molar refractivity (Wildman–Crippen MR) is 95.2 cm³/mol. The van der Waals surface area contributed by atoms with Crippen LogP contribution < -0.4 is 0 Å². The van der Waals surface area contributed by atoms with E-state index in [-0.39, 0.29) is 0 Å². The van der Waals surface area contributed by atoms with Crippen LogP contribution in [0.3, 0.4) is 0 Å². The Morgan fingerprint density at radius 2 is 1.03 bits per heavy atom. The average molecular weight is 474 g/mol. The van der Waals surface area contributed by atoms with Gasteiger partial charge in [-0.15, -0.1) is 0 Å². The molecule has 0 aromatic rings. The molecule has 0 radical (unpaired) electrons. The lowest BCUT2D eigenvalue weighted by molar-refractivity contribution is -0.343. The van der Waals surface area contributed by atoms with Crippen molar-refractivity contribution in [2.24, 2.45) is 0 Å². The summed E-state index contributed by atoms with van der Waals surface area (Å²) in [6.45, 7) is -1.85.